The second-order valence-electron chi connectivity index (χ2n) is 7.37. The Balaban J connectivity index is 1.36. The van der Waals surface area contributed by atoms with Crippen LogP contribution >= 0.6 is 0 Å². The molecule has 1 saturated carbocycles. The van der Waals surface area contributed by atoms with Gasteiger partial charge in [-0.05, 0) is 60.9 Å². The molecule has 0 radical (unpaired) electrons. The molecule has 6 heteroatoms. The first-order valence-electron chi connectivity index (χ1n) is 8.96. The minimum Gasteiger partial charge on any atom is -0.446 e. The van der Waals surface area contributed by atoms with Crippen molar-refractivity contribution in [3.63, 3.8) is 0 Å². The van der Waals surface area contributed by atoms with Gasteiger partial charge in [-0.3, -0.25) is 0 Å². The molecule has 1 saturated heterocycles. The topological polar surface area (TPSA) is 68.5 Å². The van der Waals surface area contributed by atoms with E-state index in [0.29, 0.717) is 0 Å². The van der Waals surface area contributed by atoms with Crippen LogP contribution in [0.15, 0.2) is 42.6 Å². The normalized spacial score (nSPS) is 19.2. The molecule has 1 amide bonds. The molecule has 0 bridgehead atoms. The van der Waals surface area contributed by atoms with Crippen molar-refractivity contribution < 1.29 is 13.9 Å². The van der Waals surface area contributed by atoms with Gasteiger partial charge in [-0.25, -0.2) is 14.2 Å². The van der Waals surface area contributed by atoms with Crippen LogP contribution in [0.25, 0.3) is 11.1 Å². The molecular formula is C20H22FN3O2. The van der Waals surface area contributed by atoms with Crippen LogP contribution in [0.4, 0.5) is 15.0 Å². The number of amides is 1. The van der Waals surface area contributed by atoms with Gasteiger partial charge in [0.1, 0.15) is 17.7 Å². The van der Waals surface area contributed by atoms with Crippen molar-refractivity contribution in [1.29, 1.82) is 0 Å². The fraction of sp³-hybridized carbons (Fsp3) is 0.400. The maximum absolute atomic E-state index is 13.4. The molecule has 1 aliphatic carbocycles. The van der Waals surface area contributed by atoms with E-state index < -0.39 is 6.09 Å². The summed E-state index contributed by atoms with van der Waals surface area (Å²) in [5, 5.41) is 0. The van der Waals surface area contributed by atoms with Crippen molar-refractivity contribution in [2.45, 2.75) is 31.8 Å². The third kappa shape index (κ3) is 3.36. The quantitative estimate of drug-likeness (QED) is 0.911. The van der Waals surface area contributed by atoms with Crippen LogP contribution in [-0.4, -0.2) is 30.3 Å². The number of pyridine rings is 1. The minimum absolute atomic E-state index is 0.0114. The van der Waals surface area contributed by atoms with Crippen LogP contribution in [0.5, 0.6) is 0 Å². The molecule has 4 rings (SSSR count). The van der Waals surface area contributed by atoms with Crippen LogP contribution in [0.2, 0.25) is 0 Å². The summed E-state index contributed by atoms with van der Waals surface area (Å²) < 4.78 is 18.4. The lowest BCUT2D eigenvalue weighted by atomic mass is 9.61. The summed E-state index contributed by atoms with van der Waals surface area (Å²) in [7, 11) is 0. The number of aromatic nitrogens is 1. The number of ether oxygens (including phenoxy) is 1. The Labute approximate surface area is 152 Å². The van der Waals surface area contributed by atoms with Gasteiger partial charge >= 0.3 is 6.09 Å². The second-order valence-corrected chi connectivity index (χ2v) is 7.37. The van der Waals surface area contributed by atoms with Crippen molar-refractivity contribution in [2.24, 2.45) is 11.1 Å². The fourth-order valence-corrected chi connectivity index (χ4v) is 4.18. The molecule has 2 N–H and O–H groups in total. The number of anilines is 1. The summed E-state index contributed by atoms with van der Waals surface area (Å²) in [5.74, 6) is 0.705. The lowest BCUT2D eigenvalue weighted by Gasteiger charge is -2.51. The van der Waals surface area contributed by atoms with Crippen LogP contribution in [-0.2, 0) is 4.74 Å². The monoisotopic (exact) mass is 355 g/mol. The van der Waals surface area contributed by atoms with Gasteiger partial charge in [0.15, 0.2) is 0 Å². The zero-order chi connectivity index (χ0) is 18.1. The van der Waals surface area contributed by atoms with Gasteiger partial charge in [-0.1, -0.05) is 12.1 Å². The van der Waals surface area contributed by atoms with Crippen LogP contribution in [0.1, 0.15) is 25.7 Å². The highest BCUT2D eigenvalue weighted by atomic mass is 19.1. The lowest BCUT2D eigenvalue weighted by Crippen LogP contribution is -2.50. The molecule has 1 aliphatic heterocycles. The van der Waals surface area contributed by atoms with E-state index >= 15 is 0 Å². The molecule has 2 aliphatic rings. The number of carbonyl (C=O) groups is 1. The van der Waals surface area contributed by atoms with E-state index in [2.05, 4.69) is 9.88 Å². The predicted octanol–water partition coefficient (Wildman–Crippen LogP) is 3.73. The Kier molecular flexibility index (Phi) is 4.26. The number of piperidine rings is 1. The molecule has 1 aromatic carbocycles. The molecule has 0 unspecified atom stereocenters. The van der Waals surface area contributed by atoms with E-state index in [-0.39, 0.29) is 17.3 Å². The van der Waals surface area contributed by atoms with Gasteiger partial charge in [-0.15, -0.1) is 0 Å². The van der Waals surface area contributed by atoms with Gasteiger partial charge in [0, 0.05) is 24.8 Å². The summed E-state index contributed by atoms with van der Waals surface area (Å²) in [6.45, 7) is 1.88. The Morgan fingerprint density at radius 2 is 1.96 bits per heavy atom. The first kappa shape index (κ1) is 16.8. The van der Waals surface area contributed by atoms with Crippen LogP contribution < -0.4 is 10.6 Å². The van der Waals surface area contributed by atoms with E-state index in [1.54, 1.807) is 12.3 Å². The van der Waals surface area contributed by atoms with Crippen molar-refractivity contribution in [2.75, 3.05) is 18.0 Å². The molecule has 1 spiro atoms. The van der Waals surface area contributed by atoms with E-state index in [9.17, 15) is 9.18 Å². The minimum atomic E-state index is -0.676. The van der Waals surface area contributed by atoms with E-state index in [0.717, 1.165) is 55.7 Å². The van der Waals surface area contributed by atoms with Gasteiger partial charge in [0.25, 0.3) is 0 Å². The predicted molar refractivity (Wildman–Crippen MR) is 97.2 cm³/mol. The number of halogens is 1. The highest BCUT2D eigenvalue weighted by Crippen LogP contribution is 2.50. The molecule has 5 nitrogen and oxygen atoms in total. The zero-order valence-electron chi connectivity index (χ0n) is 14.5. The third-order valence-corrected chi connectivity index (χ3v) is 5.66. The summed E-state index contributed by atoms with van der Waals surface area (Å²) in [6, 6.07) is 10.5. The molecule has 2 aromatic rings. The molecule has 1 aromatic heterocycles. The molecule has 0 atom stereocenters. The Bertz CT molecular complexity index is 793. The van der Waals surface area contributed by atoms with Gasteiger partial charge in [-0.2, -0.15) is 0 Å². The molecular weight excluding hydrogens is 333 g/mol. The van der Waals surface area contributed by atoms with E-state index in [4.69, 9.17) is 10.5 Å². The van der Waals surface area contributed by atoms with Crippen molar-refractivity contribution in [1.82, 2.24) is 4.98 Å². The van der Waals surface area contributed by atoms with Gasteiger partial charge < -0.3 is 15.4 Å². The fourth-order valence-electron chi connectivity index (χ4n) is 4.18. The largest absolute Gasteiger partial charge is 0.446 e. The Morgan fingerprint density at radius 1 is 1.19 bits per heavy atom. The van der Waals surface area contributed by atoms with Gasteiger partial charge in [0.2, 0.25) is 0 Å². The van der Waals surface area contributed by atoms with E-state index in [1.165, 1.54) is 12.1 Å². The number of benzene rings is 1. The standard InChI is InChI=1S/C20H22FN3O2/c21-16-3-1-2-14(10-16)15-4-5-18(23-13-15)24-8-6-20(7-9-24)11-17(12-20)26-19(22)25/h1-5,10,13,17H,6-9,11-12H2,(H2,22,25). The lowest BCUT2D eigenvalue weighted by molar-refractivity contribution is -0.0522. The highest BCUT2D eigenvalue weighted by Gasteiger charge is 2.47. The summed E-state index contributed by atoms with van der Waals surface area (Å²) in [4.78, 5) is 17.7. The number of primary amides is 1. The number of hydrogen-bond donors (Lipinski definition) is 1. The molecule has 136 valence electrons. The first-order chi connectivity index (χ1) is 12.5. The number of hydrogen-bond acceptors (Lipinski definition) is 4. The number of nitrogens with zero attached hydrogens (tertiary/aromatic N) is 2. The van der Waals surface area contributed by atoms with Crippen molar-refractivity contribution in [3.05, 3.63) is 48.4 Å². The zero-order valence-corrected chi connectivity index (χ0v) is 14.5. The van der Waals surface area contributed by atoms with Gasteiger partial charge in [0.05, 0.1) is 0 Å². The Hall–Kier alpha value is -2.63. The van der Waals surface area contributed by atoms with E-state index in [1.807, 2.05) is 18.2 Å². The SMILES string of the molecule is NC(=O)OC1CC2(CCN(c3ccc(-c4cccc(F)c4)cn3)CC2)C1. The third-order valence-electron chi connectivity index (χ3n) is 5.66. The number of nitrogens with two attached hydrogens (primary N) is 1. The molecule has 2 fully saturated rings. The summed E-state index contributed by atoms with van der Waals surface area (Å²) in [5.41, 5.74) is 7.11. The second kappa shape index (κ2) is 6.59. The smallest absolute Gasteiger partial charge is 0.404 e. The highest BCUT2D eigenvalue weighted by molar-refractivity contribution is 5.65. The number of carbonyl (C=O) groups excluding carboxylic acids is 1. The first-order valence-corrected chi connectivity index (χ1v) is 8.96. The summed E-state index contributed by atoms with van der Waals surface area (Å²) >= 11 is 0. The van der Waals surface area contributed by atoms with Crippen molar-refractivity contribution in [3.8, 4) is 11.1 Å². The average molecular weight is 355 g/mol. The van der Waals surface area contributed by atoms with Crippen molar-refractivity contribution >= 4 is 11.9 Å². The maximum atomic E-state index is 13.4. The van der Waals surface area contributed by atoms with Crippen LogP contribution in [0.3, 0.4) is 0 Å². The number of rotatable bonds is 3. The van der Waals surface area contributed by atoms with Crippen LogP contribution in [0, 0.1) is 11.2 Å². The summed E-state index contributed by atoms with van der Waals surface area (Å²) in [6.07, 6.45) is 5.07. The Morgan fingerprint density at radius 3 is 2.58 bits per heavy atom. The molecule has 26 heavy (non-hydrogen) atoms. The maximum Gasteiger partial charge on any atom is 0.404 e. The average Bonchev–Trinajstić information content (AvgIpc) is 2.61. The molecule has 2 heterocycles.